The van der Waals surface area contributed by atoms with Crippen LogP contribution in [-0.4, -0.2) is 40.3 Å². The van der Waals surface area contributed by atoms with Crippen LogP contribution in [0.15, 0.2) is 78.2 Å². The highest BCUT2D eigenvalue weighted by atomic mass is 32.2. The third kappa shape index (κ3) is 5.80. The van der Waals surface area contributed by atoms with Crippen LogP contribution < -0.4 is 10.6 Å². The van der Waals surface area contributed by atoms with E-state index in [-0.39, 0.29) is 17.2 Å². The Morgan fingerprint density at radius 3 is 2.15 bits per heavy atom. The summed E-state index contributed by atoms with van der Waals surface area (Å²) < 4.78 is 24.7. The highest BCUT2D eigenvalue weighted by Gasteiger charge is 2.09. The van der Waals surface area contributed by atoms with Crippen LogP contribution in [0, 0.1) is 0 Å². The van der Waals surface area contributed by atoms with Crippen molar-refractivity contribution in [3.8, 4) is 11.1 Å². The van der Waals surface area contributed by atoms with Crippen molar-refractivity contribution in [3.05, 3.63) is 78.9 Å². The van der Waals surface area contributed by atoms with Crippen LogP contribution in [0.3, 0.4) is 0 Å². The summed E-state index contributed by atoms with van der Waals surface area (Å²) in [6.07, 6.45) is 8.32. The van der Waals surface area contributed by atoms with Crippen molar-refractivity contribution < 1.29 is 13.2 Å². The van der Waals surface area contributed by atoms with Gasteiger partial charge in [0.15, 0.2) is 9.84 Å². The molecule has 4 rings (SSSR count). The molecule has 0 bridgehead atoms. The monoisotopic (exact) mass is 462 g/mol. The zero-order valence-electron chi connectivity index (χ0n) is 18.1. The van der Waals surface area contributed by atoms with Crippen molar-refractivity contribution in [2.24, 2.45) is 7.05 Å². The Kier molecular flexibility index (Phi) is 6.18. The Bertz CT molecular complexity index is 1360. The third-order valence-electron chi connectivity index (χ3n) is 4.83. The first-order chi connectivity index (χ1) is 15.8. The number of nitrogens with one attached hydrogen (secondary N) is 2. The fourth-order valence-electron chi connectivity index (χ4n) is 3.15. The maximum atomic E-state index is 12.3. The van der Waals surface area contributed by atoms with Crippen LogP contribution in [0.5, 0.6) is 0 Å². The van der Waals surface area contributed by atoms with E-state index in [0.717, 1.165) is 28.6 Å². The Hall–Kier alpha value is -4.05. The van der Waals surface area contributed by atoms with E-state index in [1.54, 1.807) is 35.4 Å². The molecule has 0 aliphatic heterocycles. The number of sulfone groups is 1. The predicted octanol–water partition coefficient (Wildman–Crippen LogP) is 3.21. The van der Waals surface area contributed by atoms with E-state index >= 15 is 0 Å². The molecule has 10 heteroatoms. The maximum absolute atomic E-state index is 12.3. The fraction of sp³-hybridized carbons (Fsp3) is 0.130. The quantitative estimate of drug-likeness (QED) is 0.433. The van der Waals surface area contributed by atoms with E-state index in [2.05, 4.69) is 25.7 Å². The number of anilines is 3. The van der Waals surface area contributed by atoms with Gasteiger partial charge >= 0.3 is 0 Å². The zero-order chi connectivity index (χ0) is 23.4. The molecule has 0 spiro atoms. The van der Waals surface area contributed by atoms with Gasteiger partial charge in [-0.3, -0.25) is 9.48 Å². The number of aryl methyl sites for hydroxylation is 1. The second-order valence-electron chi connectivity index (χ2n) is 7.54. The summed E-state index contributed by atoms with van der Waals surface area (Å²) >= 11 is 0. The van der Waals surface area contributed by atoms with Crippen LogP contribution in [-0.2, 0) is 28.1 Å². The third-order valence-corrected chi connectivity index (χ3v) is 5.96. The molecule has 2 aromatic carbocycles. The molecule has 0 saturated carbocycles. The van der Waals surface area contributed by atoms with Crippen LogP contribution in [0.25, 0.3) is 11.1 Å². The van der Waals surface area contributed by atoms with Gasteiger partial charge in [0.1, 0.15) is 0 Å². The molecular weight excluding hydrogens is 440 g/mol. The van der Waals surface area contributed by atoms with Gasteiger partial charge in [0.2, 0.25) is 11.9 Å². The average molecular weight is 463 g/mol. The lowest BCUT2D eigenvalue weighted by atomic mass is 10.0. The van der Waals surface area contributed by atoms with Gasteiger partial charge in [-0.2, -0.15) is 5.10 Å². The standard InChI is InChI=1S/C23H22N6O3S/c1-29-15-20(14-26-29)28-23-24-12-18(13-25-23)17-5-3-16(4-6-17)11-22(30)27-19-7-9-21(10-8-19)33(2,31)32/h3-10,12-15H,11H2,1-2H3,(H,27,30)(H,24,25,28). The number of hydrogen-bond donors (Lipinski definition) is 2. The van der Waals surface area contributed by atoms with Crippen molar-refractivity contribution in [2.75, 3.05) is 16.9 Å². The van der Waals surface area contributed by atoms with Crippen LogP contribution in [0.4, 0.5) is 17.3 Å². The van der Waals surface area contributed by atoms with Crippen LogP contribution in [0.2, 0.25) is 0 Å². The summed E-state index contributed by atoms with van der Waals surface area (Å²) in [7, 11) is -1.43. The Labute approximate surface area is 191 Å². The predicted molar refractivity (Wildman–Crippen MR) is 126 cm³/mol. The van der Waals surface area contributed by atoms with Gasteiger partial charge in [-0.25, -0.2) is 18.4 Å². The molecule has 2 N–H and O–H groups in total. The van der Waals surface area contributed by atoms with Gasteiger partial charge in [0.25, 0.3) is 0 Å². The van der Waals surface area contributed by atoms with Crippen molar-refractivity contribution in [2.45, 2.75) is 11.3 Å². The molecule has 168 valence electrons. The van der Waals surface area contributed by atoms with E-state index in [9.17, 15) is 13.2 Å². The van der Waals surface area contributed by atoms with Crippen LogP contribution >= 0.6 is 0 Å². The molecule has 0 unspecified atom stereocenters. The average Bonchev–Trinajstić information content (AvgIpc) is 3.19. The second-order valence-corrected chi connectivity index (χ2v) is 9.56. The minimum absolute atomic E-state index is 0.191. The van der Waals surface area contributed by atoms with Crippen LogP contribution in [0.1, 0.15) is 5.56 Å². The summed E-state index contributed by atoms with van der Waals surface area (Å²) in [5.41, 5.74) is 3.98. The van der Waals surface area contributed by atoms with Gasteiger partial charge in [0, 0.05) is 43.1 Å². The lowest BCUT2D eigenvalue weighted by molar-refractivity contribution is -0.115. The molecular formula is C23H22N6O3S. The number of benzene rings is 2. The van der Waals surface area contributed by atoms with Crippen molar-refractivity contribution >= 4 is 33.1 Å². The molecule has 0 aliphatic carbocycles. The number of amides is 1. The summed E-state index contributed by atoms with van der Waals surface area (Å²) in [6.45, 7) is 0. The van der Waals surface area contributed by atoms with Crippen molar-refractivity contribution in [1.82, 2.24) is 19.7 Å². The van der Waals surface area contributed by atoms with Crippen molar-refractivity contribution in [1.29, 1.82) is 0 Å². The van der Waals surface area contributed by atoms with Gasteiger partial charge in [-0.1, -0.05) is 24.3 Å². The number of carbonyl (C=O) groups excluding carboxylic acids is 1. The smallest absolute Gasteiger partial charge is 0.228 e. The van der Waals surface area contributed by atoms with E-state index in [4.69, 9.17) is 0 Å². The topological polar surface area (TPSA) is 119 Å². The molecule has 2 aromatic heterocycles. The highest BCUT2D eigenvalue weighted by molar-refractivity contribution is 7.90. The van der Waals surface area contributed by atoms with Gasteiger partial charge in [0.05, 0.1) is 23.2 Å². The fourth-order valence-corrected chi connectivity index (χ4v) is 3.78. The molecule has 2 heterocycles. The highest BCUT2D eigenvalue weighted by Crippen LogP contribution is 2.20. The molecule has 1 amide bonds. The van der Waals surface area contributed by atoms with E-state index in [1.165, 1.54) is 12.1 Å². The molecule has 0 fully saturated rings. The Balaban J connectivity index is 1.35. The first-order valence-electron chi connectivity index (χ1n) is 10.0. The maximum Gasteiger partial charge on any atom is 0.228 e. The first kappa shape index (κ1) is 22.2. The molecule has 0 aliphatic rings. The van der Waals surface area contributed by atoms with E-state index in [1.807, 2.05) is 37.5 Å². The normalized spacial score (nSPS) is 11.2. The lowest BCUT2D eigenvalue weighted by Crippen LogP contribution is -2.14. The number of carbonyl (C=O) groups is 1. The van der Waals surface area contributed by atoms with Gasteiger partial charge < -0.3 is 10.6 Å². The Morgan fingerprint density at radius 2 is 1.58 bits per heavy atom. The summed E-state index contributed by atoms with van der Waals surface area (Å²) in [4.78, 5) is 21.2. The SMILES string of the molecule is Cn1cc(Nc2ncc(-c3ccc(CC(=O)Nc4ccc(S(C)(=O)=O)cc4)cc3)cn2)cn1. The summed E-state index contributed by atoms with van der Waals surface area (Å²) in [5, 5.41) is 9.95. The molecule has 9 nitrogen and oxygen atoms in total. The zero-order valence-corrected chi connectivity index (χ0v) is 18.9. The Morgan fingerprint density at radius 1 is 0.909 bits per heavy atom. The second kappa shape index (κ2) is 9.21. The largest absolute Gasteiger partial charge is 0.326 e. The number of rotatable bonds is 7. The van der Waals surface area contributed by atoms with Crippen molar-refractivity contribution in [3.63, 3.8) is 0 Å². The number of nitrogens with zero attached hydrogens (tertiary/aromatic N) is 4. The molecule has 0 atom stereocenters. The van der Waals surface area contributed by atoms with E-state index in [0.29, 0.717) is 11.6 Å². The molecule has 4 aromatic rings. The lowest BCUT2D eigenvalue weighted by Gasteiger charge is -2.08. The molecule has 33 heavy (non-hydrogen) atoms. The van der Waals surface area contributed by atoms with Gasteiger partial charge in [-0.15, -0.1) is 0 Å². The number of aromatic nitrogens is 4. The van der Waals surface area contributed by atoms with E-state index < -0.39 is 9.84 Å². The first-order valence-corrected chi connectivity index (χ1v) is 11.9. The summed E-state index contributed by atoms with van der Waals surface area (Å²) in [6, 6.07) is 13.7. The minimum atomic E-state index is -3.27. The van der Waals surface area contributed by atoms with Gasteiger partial charge in [-0.05, 0) is 35.4 Å². The molecule has 0 saturated heterocycles. The minimum Gasteiger partial charge on any atom is -0.326 e. The molecule has 0 radical (unpaired) electrons. The summed E-state index contributed by atoms with van der Waals surface area (Å²) in [5.74, 6) is 0.286. The number of hydrogen-bond acceptors (Lipinski definition) is 7.